The minimum atomic E-state index is -5.44. The van der Waals surface area contributed by atoms with Crippen LogP contribution in [-0.2, 0) is 30.1 Å². The molecule has 34 heavy (non-hydrogen) atoms. The van der Waals surface area contributed by atoms with Crippen molar-refractivity contribution in [2.75, 3.05) is 0 Å². The molecule has 1 aromatic heterocycles. The van der Waals surface area contributed by atoms with Gasteiger partial charge in [-0.25, -0.2) is 22.2 Å². The molecular formula is C20H16N4Na2O6S2. The van der Waals surface area contributed by atoms with Gasteiger partial charge in [0.25, 0.3) is 0 Å². The molecule has 1 aliphatic heterocycles. The van der Waals surface area contributed by atoms with E-state index in [1.807, 2.05) is 0 Å². The van der Waals surface area contributed by atoms with E-state index in [1.165, 1.54) is 60.8 Å². The Morgan fingerprint density at radius 3 is 1.79 bits per heavy atom. The monoisotopic (exact) mass is 518 g/mol. The molecule has 2 unspecified atom stereocenters. The van der Waals surface area contributed by atoms with Gasteiger partial charge in [-0.05, 0) is 17.7 Å². The standard InChI is InChI=1S/C20H18N4O6S2.2Na/c25-31(26,27)19(16-11-5-2-6-12-16)18(15-9-3-1-4-10-15)22-24-20(23-19,32(28,29)30)17-13-7-8-14-21-17;;/h1-14,23-24H,(H,25,26,27)(H,28,29,30);;/q;2*+1/p-2. The number of hydrogen-bond acceptors (Lipinski definition) is 10. The Morgan fingerprint density at radius 1 is 0.735 bits per heavy atom. The van der Waals surface area contributed by atoms with E-state index in [0.717, 1.165) is 0 Å². The molecule has 14 heteroatoms. The van der Waals surface area contributed by atoms with Gasteiger partial charge in [0.05, 0.1) is 5.69 Å². The van der Waals surface area contributed by atoms with E-state index in [0.29, 0.717) is 0 Å². The third kappa shape index (κ3) is 4.90. The number of nitrogens with zero attached hydrogens (tertiary/aromatic N) is 2. The molecule has 2 aromatic carbocycles. The Balaban J connectivity index is 0.00000204. The number of rotatable bonds is 5. The molecule has 4 rings (SSSR count). The van der Waals surface area contributed by atoms with Crippen molar-refractivity contribution in [1.82, 2.24) is 15.7 Å². The van der Waals surface area contributed by atoms with Crippen LogP contribution in [0.15, 0.2) is 90.2 Å². The molecule has 0 bridgehead atoms. The number of pyridine rings is 1. The van der Waals surface area contributed by atoms with E-state index in [9.17, 15) is 25.9 Å². The maximum absolute atomic E-state index is 12.9. The summed E-state index contributed by atoms with van der Waals surface area (Å²) in [5, 5.41) is 6.33. The van der Waals surface area contributed by atoms with E-state index in [-0.39, 0.29) is 81.6 Å². The van der Waals surface area contributed by atoms with Gasteiger partial charge in [-0.1, -0.05) is 66.7 Å². The predicted molar refractivity (Wildman–Crippen MR) is 113 cm³/mol. The summed E-state index contributed by atoms with van der Waals surface area (Å²) in [6, 6.07) is 19.1. The van der Waals surface area contributed by atoms with Gasteiger partial charge in [-0.2, -0.15) is 5.10 Å². The zero-order valence-electron chi connectivity index (χ0n) is 18.2. The van der Waals surface area contributed by atoms with E-state index >= 15 is 0 Å². The summed E-state index contributed by atoms with van der Waals surface area (Å²) in [7, 11) is -10.9. The van der Waals surface area contributed by atoms with Gasteiger partial charge in [0.1, 0.15) is 25.9 Å². The fraction of sp³-hybridized carbons (Fsp3) is 0.100. The molecule has 10 nitrogen and oxygen atoms in total. The first-order valence-corrected chi connectivity index (χ1v) is 12.0. The number of benzene rings is 2. The Hall–Kier alpha value is -1.16. The predicted octanol–water partition coefficient (Wildman–Crippen LogP) is -5.26. The Labute approximate surface area is 241 Å². The molecule has 1 aliphatic rings. The van der Waals surface area contributed by atoms with Gasteiger partial charge in [-0.15, -0.1) is 0 Å². The number of aromatic nitrogens is 1. The van der Waals surface area contributed by atoms with E-state index in [4.69, 9.17) is 0 Å². The van der Waals surface area contributed by atoms with Crippen LogP contribution in [0, 0.1) is 0 Å². The van der Waals surface area contributed by atoms with Crippen molar-refractivity contribution in [2.24, 2.45) is 5.10 Å². The van der Waals surface area contributed by atoms with Gasteiger partial charge >= 0.3 is 59.1 Å². The molecule has 166 valence electrons. The van der Waals surface area contributed by atoms with Crippen molar-refractivity contribution in [3.63, 3.8) is 0 Å². The second-order valence-electron chi connectivity index (χ2n) is 6.91. The first-order valence-electron chi connectivity index (χ1n) is 9.20. The van der Waals surface area contributed by atoms with Crippen LogP contribution in [0.1, 0.15) is 16.8 Å². The molecule has 0 amide bonds. The summed E-state index contributed by atoms with van der Waals surface area (Å²) in [5.74, 6) is 0. The van der Waals surface area contributed by atoms with E-state index < -0.39 is 30.1 Å². The summed E-state index contributed by atoms with van der Waals surface area (Å²) >= 11 is 0. The molecule has 0 saturated carbocycles. The Kier molecular flexibility index (Phi) is 9.27. The average Bonchev–Trinajstić information content (AvgIpc) is 2.79. The van der Waals surface area contributed by atoms with Crippen molar-refractivity contribution in [1.29, 1.82) is 0 Å². The molecule has 2 heterocycles. The van der Waals surface area contributed by atoms with Crippen LogP contribution in [0.4, 0.5) is 0 Å². The summed E-state index contributed by atoms with van der Waals surface area (Å²) in [6.45, 7) is 0. The van der Waals surface area contributed by atoms with Crippen molar-refractivity contribution < 1.29 is 85.1 Å². The SMILES string of the molecule is O=S(=O)([O-])C1(c2ccccn2)NN=C(c2ccccc2)C(c2ccccc2)(S(=O)(=O)[O-])N1.[Na+].[Na+]. The number of nitrogens with one attached hydrogen (secondary N) is 2. The van der Waals surface area contributed by atoms with Crippen LogP contribution >= 0.6 is 0 Å². The van der Waals surface area contributed by atoms with Crippen LogP contribution in [0.2, 0.25) is 0 Å². The summed E-state index contributed by atoms with van der Waals surface area (Å²) in [6.07, 6.45) is 1.22. The Morgan fingerprint density at radius 2 is 1.29 bits per heavy atom. The van der Waals surface area contributed by atoms with Crippen molar-refractivity contribution in [3.8, 4) is 0 Å². The van der Waals surface area contributed by atoms with E-state index in [2.05, 4.69) is 20.8 Å². The summed E-state index contributed by atoms with van der Waals surface area (Å²) < 4.78 is 76.2. The molecular weight excluding hydrogens is 502 g/mol. The molecule has 3 aromatic rings. The van der Waals surface area contributed by atoms with Gasteiger partial charge < -0.3 is 9.11 Å². The first-order chi connectivity index (χ1) is 15.1. The fourth-order valence-electron chi connectivity index (χ4n) is 3.56. The largest absolute Gasteiger partial charge is 1.00 e. The quantitative estimate of drug-likeness (QED) is 0.248. The van der Waals surface area contributed by atoms with Crippen molar-refractivity contribution >= 4 is 25.9 Å². The van der Waals surface area contributed by atoms with Gasteiger partial charge in [0.15, 0.2) is 4.87 Å². The maximum atomic E-state index is 12.9. The topological polar surface area (TPSA) is 164 Å². The minimum Gasteiger partial charge on any atom is -0.746 e. The second kappa shape index (κ2) is 10.8. The average molecular weight is 518 g/mol. The molecule has 0 spiro atoms. The third-order valence-electron chi connectivity index (χ3n) is 5.01. The molecule has 0 fully saturated rings. The maximum Gasteiger partial charge on any atom is 1.00 e. The van der Waals surface area contributed by atoms with Crippen molar-refractivity contribution in [2.45, 2.75) is 9.87 Å². The molecule has 0 radical (unpaired) electrons. The first kappa shape index (κ1) is 29.1. The number of hydrogen-bond donors (Lipinski definition) is 2. The molecule has 0 aliphatic carbocycles. The van der Waals surface area contributed by atoms with Crippen molar-refractivity contribution in [3.05, 3.63) is 102 Å². The van der Waals surface area contributed by atoms with Crippen LogP contribution < -0.4 is 69.9 Å². The molecule has 2 N–H and O–H groups in total. The normalized spacial score (nSPS) is 22.4. The second-order valence-corrected chi connectivity index (χ2v) is 9.96. The van der Waals surface area contributed by atoms with Gasteiger partial charge in [0.2, 0.25) is 4.99 Å². The third-order valence-corrected chi connectivity index (χ3v) is 7.45. The van der Waals surface area contributed by atoms with E-state index in [1.54, 1.807) is 24.3 Å². The zero-order valence-corrected chi connectivity index (χ0v) is 23.9. The molecule has 0 saturated heterocycles. The zero-order chi connectivity index (χ0) is 23.0. The summed E-state index contributed by atoms with van der Waals surface area (Å²) in [4.78, 5) is -1.68. The number of hydrazone groups is 1. The van der Waals surface area contributed by atoms with Crippen LogP contribution in [-0.4, -0.2) is 36.6 Å². The summed E-state index contributed by atoms with van der Waals surface area (Å²) in [5.41, 5.74) is 1.63. The minimum absolute atomic E-state index is 0. The van der Waals surface area contributed by atoms with Crippen LogP contribution in [0.5, 0.6) is 0 Å². The van der Waals surface area contributed by atoms with Crippen LogP contribution in [0.3, 0.4) is 0 Å². The smallest absolute Gasteiger partial charge is 0.746 e. The van der Waals surface area contributed by atoms with Gasteiger partial charge in [-0.3, -0.25) is 10.4 Å². The fourth-order valence-corrected chi connectivity index (χ4v) is 5.54. The van der Waals surface area contributed by atoms with Crippen LogP contribution in [0.25, 0.3) is 0 Å². The Bertz CT molecular complexity index is 1380. The van der Waals surface area contributed by atoms with Gasteiger partial charge in [0, 0.05) is 11.8 Å². The molecule has 2 atom stereocenters.